The smallest absolute Gasteiger partial charge is 0.346 e. The van der Waals surface area contributed by atoms with E-state index in [4.69, 9.17) is 5.73 Å². The van der Waals surface area contributed by atoms with Crippen molar-refractivity contribution < 1.29 is 18.0 Å². The van der Waals surface area contributed by atoms with E-state index in [9.17, 15) is 18.0 Å². The number of nitrogens with zero attached hydrogens (tertiary/aromatic N) is 2. The highest BCUT2D eigenvalue weighted by Crippen LogP contribution is 2.12. The lowest BCUT2D eigenvalue weighted by Crippen LogP contribution is -2.42. The molecule has 1 aliphatic heterocycles. The number of carbonyl (C=O) groups is 1. The van der Waals surface area contributed by atoms with Crippen molar-refractivity contribution in [3.05, 3.63) is 0 Å². The van der Waals surface area contributed by atoms with E-state index in [1.807, 2.05) is 10.2 Å². The first-order valence-electron chi connectivity index (χ1n) is 6.39. The molecule has 0 aromatic heterocycles. The van der Waals surface area contributed by atoms with Crippen LogP contribution in [-0.2, 0) is 4.79 Å². The van der Waals surface area contributed by atoms with E-state index < -0.39 is 18.6 Å². The highest BCUT2D eigenvalue weighted by molar-refractivity contribution is 5.78. The first-order valence-corrected chi connectivity index (χ1v) is 6.39. The molecule has 1 heterocycles. The first kappa shape index (κ1) is 16.2. The Labute approximate surface area is 110 Å². The second-order valence-corrected chi connectivity index (χ2v) is 4.65. The Balaban J connectivity index is 2.27. The van der Waals surface area contributed by atoms with Gasteiger partial charge in [-0.1, -0.05) is 0 Å². The summed E-state index contributed by atoms with van der Waals surface area (Å²) < 4.78 is 35.8. The lowest BCUT2D eigenvalue weighted by molar-refractivity contribution is -0.139. The molecule has 0 spiro atoms. The van der Waals surface area contributed by atoms with Gasteiger partial charge in [0.15, 0.2) is 0 Å². The maximum atomic E-state index is 11.9. The topological polar surface area (TPSA) is 61.6 Å². The molecule has 1 rings (SSSR count). The van der Waals surface area contributed by atoms with E-state index in [1.165, 1.54) is 0 Å². The van der Waals surface area contributed by atoms with Gasteiger partial charge >= 0.3 is 6.18 Å². The molecule has 8 heteroatoms. The summed E-state index contributed by atoms with van der Waals surface area (Å²) in [6, 6.07) is 0. The molecular formula is C11H21F3N4O. The van der Waals surface area contributed by atoms with Crippen LogP contribution in [0.5, 0.6) is 0 Å². The zero-order valence-electron chi connectivity index (χ0n) is 10.9. The van der Waals surface area contributed by atoms with Crippen LogP contribution in [0.3, 0.4) is 0 Å². The molecule has 0 aliphatic carbocycles. The van der Waals surface area contributed by atoms with Crippen LogP contribution in [-0.4, -0.2) is 74.2 Å². The molecular weight excluding hydrogens is 261 g/mol. The van der Waals surface area contributed by atoms with E-state index in [0.717, 1.165) is 32.6 Å². The second kappa shape index (κ2) is 7.66. The Morgan fingerprint density at radius 2 is 1.79 bits per heavy atom. The fourth-order valence-electron chi connectivity index (χ4n) is 2.05. The zero-order valence-corrected chi connectivity index (χ0v) is 10.9. The summed E-state index contributed by atoms with van der Waals surface area (Å²) >= 11 is 0. The van der Waals surface area contributed by atoms with Crippen molar-refractivity contribution in [1.29, 1.82) is 0 Å². The fourth-order valence-corrected chi connectivity index (χ4v) is 2.05. The molecule has 5 nitrogen and oxygen atoms in total. The molecule has 1 amide bonds. The van der Waals surface area contributed by atoms with Gasteiger partial charge in [-0.25, -0.2) is 0 Å². The number of halogens is 3. The van der Waals surface area contributed by atoms with Crippen LogP contribution in [0, 0.1) is 0 Å². The lowest BCUT2D eigenvalue weighted by atomic mass is 10.3. The van der Waals surface area contributed by atoms with Crippen LogP contribution in [0.4, 0.5) is 13.2 Å². The van der Waals surface area contributed by atoms with Gasteiger partial charge in [0.1, 0.15) is 6.54 Å². The number of nitrogens with one attached hydrogen (secondary N) is 1. The van der Waals surface area contributed by atoms with E-state index >= 15 is 0 Å². The summed E-state index contributed by atoms with van der Waals surface area (Å²) in [7, 11) is 0. The molecule has 19 heavy (non-hydrogen) atoms. The average Bonchev–Trinajstić information content (AvgIpc) is 2.52. The van der Waals surface area contributed by atoms with Gasteiger partial charge in [-0.3, -0.25) is 9.69 Å². The fraction of sp³-hybridized carbons (Fsp3) is 0.909. The van der Waals surface area contributed by atoms with Gasteiger partial charge in [0.05, 0.1) is 6.54 Å². The summed E-state index contributed by atoms with van der Waals surface area (Å²) in [6.45, 7) is 3.27. The maximum Gasteiger partial charge on any atom is 0.405 e. The predicted octanol–water partition coefficient (Wildman–Crippen LogP) is -0.369. The number of rotatable bonds is 5. The lowest BCUT2D eigenvalue weighted by Gasteiger charge is -2.21. The quantitative estimate of drug-likeness (QED) is 0.722. The average molecular weight is 282 g/mol. The first-order chi connectivity index (χ1) is 8.90. The molecule has 1 aliphatic rings. The number of nitrogens with two attached hydrogens (primary N) is 1. The van der Waals surface area contributed by atoms with Gasteiger partial charge in [-0.05, 0) is 19.5 Å². The van der Waals surface area contributed by atoms with Crippen molar-refractivity contribution in [2.75, 3.05) is 52.4 Å². The van der Waals surface area contributed by atoms with E-state index in [0.29, 0.717) is 13.1 Å². The summed E-state index contributed by atoms with van der Waals surface area (Å²) in [5, 5.41) is 1.89. The minimum atomic E-state index is -4.35. The number of alkyl halides is 3. The summed E-state index contributed by atoms with van der Waals surface area (Å²) in [5.41, 5.74) is 5.48. The molecule has 0 bridgehead atoms. The van der Waals surface area contributed by atoms with Crippen LogP contribution in [0.2, 0.25) is 0 Å². The highest BCUT2D eigenvalue weighted by Gasteiger charge is 2.28. The summed E-state index contributed by atoms with van der Waals surface area (Å²) in [5.74, 6) is -0.579. The molecule has 0 unspecified atom stereocenters. The monoisotopic (exact) mass is 282 g/mol. The Kier molecular flexibility index (Phi) is 6.53. The number of hydrogen-bond donors (Lipinski definition) is 2. The second-order valence-electron chi connectivity index (χ2n) is 4.65. The molecule has 0 saturated carbocycles. The standard InChI is InChI=1S/C11H21F3N4O/c12-11(13,14)9-16-10(19)8-18-4-1-3-17(5-2-15)6-7-18/h1-9,15H2,(H,16,19). The van der Waals surface area contributed by atoms with Crippen molar-refractivity contribution >= 4 is 5.91 Å². The third kappa shape index (κ3) is 7.34. The molecule has 0 atom stereocenters. The SMILES string of the molecule is NCCN1CCCN(CC(=O)NCC(F)(F)F)CC1. The van der Waals surface area contributed by atoms with Gasteiger partial charge < -0.3 is 16.0 Å². The molecule has 0 aromatic rings. The minimum Gasteiger partial charge on any atom is -0.346 e. The minimum absolute atomic E-state index is 0.0204. The molecule has 0 aromatic carbocycles. The van der Waals surface area contributed by atoms with E-state index in [2.05, 4.69) is 4.90 Å². The number of carbonyl (C=O) groups excluding carboxylic acids is 1. The number of hydrogen-bond acceptors (Lipinski definition) is 4. The van der Waals surface area contributed by atoms with Gasteiger partial charge in [0.25, 0.3) is 0 Å². The van der Waals surface area contributed by atoms with Crippen molar-refractivity contribution in [3.63, 3.8) is 0 Å². The summed E-state index contributed by atoms with van der Waals surface area (Å²) in [4.78, 5) is 15.5. The molecule has 0 radical (unpaired) electrons. The largest absolute Gasteiger partial charge is 0.405 e. The van der Waals surface area contributed by atoms with Crippen LogP contribution in [0.15, 0.2) is 0 Å². The van der Waals surface area contributed by atoms with Gasteiger partial charge in [0, 0.05) is 26.2 Å². The van der Waals surface area contributed by atoms with Crippen LogP contribution >= 0.6 is 0 Å². The highest BCUT2D eigenvalue weighted by atomic mass is 19.4. The van der Waals surface area contributed by atoms with Crippen LogP contribution in [0.25, 0.3) is 0 Å². The molecule has 1 fully saturated rings. The van der Waals surface area contributed by atoms with E-state index in [-0.39, 0.29) is 6.54 Å². The molecule has 3 N–H and O–H groups in total. The Hall–Kier alpha value is -0.860. The van der Waals surface area contributed by atoms with Crippen LogP contribution < -0.4 is 11.1 Å². The van der Waals surface area contributed by atoms with Crippen LogP contribution in [0.1, 0.15) is 6.42 Å². The molecule has 1 saturated heterocycles. The van der Waals surface area contributed by atoms with Crippen molar-refractivity contribution in [2.24, 2.45) is 5.73 Å². The van der Waals surface area contributed by atoms with Crippen molar-refractivity contribution in [3.8, 4) is 0 Å². The number of amides is 1. The maximum absolute atomic E-state index is 11.9. The van der Waals surface area contributed by atoms with Crippen molar-refractivity contribution in [1.82, 2.24) is 15.1 Å². The Morgan fingerprint density at radius 1 is 1.16 bits per heavy atom. The third-order valence-corrected chi connectivity index (χ3v) is 2.98. The molecule has 112 valence electrons. The Morgan fingerprint density at radius 3 is 2.42 bits per heavy atom. The third-order valence-electron chi connectivity index (χ3n) is 2.98. The Bertz CT molecular complexity index is 286. The van der Waals surface area contributed by atoms with Gasteiger partial charge in [-0.15, -0.1) is 0 Å². The summed E-state index contributed by atoms with van der Waals surface area (Å²) in [6.07, 6.45) is -3.46. The van der Waals surface area contributed by atoms with Gasteiger partial charge in [0.2, 0.25) is 5.91 Å². The predicted molar refractivity (Wildman–Crippen MR) is 65.6 cm³/mol. The van der Waals surface area contributed by atoms with E-state index in [1.54, 1.807) is 0 Å². The zero-order chi connectivity index (χ0) is 14.3. The normalized spacial score (nSPS) is 19.2. The van der Waals surface area contributed by atoms with Crippen molar-refractivity contribution in [2.45, 2.75) is 12.6 Å². The van der Waals surface area contributed by atoms with Gasteiger partial charge in [-0.2, -0.15) is 13.2 Å².